The lowest BCUT2D eigenvalue weighted by molar-refractivity contribution is -0.161. The van der Waals surface area contributed by atoms with Gasteiger partial charge in [-0.2, -0.15) is 0 Å². The van der Waals surface area contributed by atoms with Crippen LogP contribution in [0.3, 0.4) is 0 Å². The van der Waals surface area contributed by atoms with E-state index in [0.29, 0.717) is 44.9 Å². The van der Waals surface area contributed by atoms with E-state index in [4.69, 9.17) is 37.0 Å². The normalized spacial score (nSPS) is 14.7. The summed E-state index contributed by atoms with van der Waals surface area (Å²) in [4.78, 5) is 73.0. The van der Waals surface area contributed by atoms with E-state index in [1.807, 2.05) is 48.6 Å². The monoisotopic (exact) mass is 1550 g/mol. The second-order valence-electron chi connectivity index (χ2n) is 27.0. The summed E-state index contributed by atoms with van der Waals surface area (Å²) in [6.07, 6.45) is 95.1. The van der Waals surface area contributed by atoms with Crippen molar-refractivity contribution in [3.63, 3.8) is 0 Å². The first kappa shape index (κ1) is 102. The molecule has 0 radical (unpaired) electrons. The van der Waals surface area contributed by atoms with Gasteiger partial charge in [-0.1, -0.05) is 313 Å². The lowest BCUT2D eigenvalue weighted by atomic mass is 10.0. The molecule has 0 amide bonds. The maximum absolute atomic E-state index is 13.1. The third-order valence-corrected chi connectivity index (χ3v) is 18.6. The lowest BCUT2D eigenvalue weighted by Gasteiger charge is -2.21. The number of aliphatic hydroxyl groups is 1. The van der Waals surface area contributed by atoms with E-state index in [9.17, 15) is 43.2 Å². The fourth-order valence-electron chi connectivity index (χ4n) is 10.4. The molecule has 0 aliphatic heterocycles. The summed E-state index contributed by atoms with van der Waals surface area (Å²) in [7, 11) is -10.0. The number of phosphoric acid groups is 2. The number of hydrogen-bond donors (Lipinski definition) is 3. The molecule has 0 saturated carbocycles. The largest absolute Gasteiger partial charge is 0.472 e. The second-order valence-corrected chi connectivity index (χ2v) is 29.9. The van der Waals surface area contributed by atoms with Crippen LogP contribution in [0.25, 0.3) is 0 Å². The summed E-state index contributed by atoms with van der Waals surface area (Å²) in [6, 6.07) is 0. The molecule has 0 aliphatic rings. The Morgan fingerprint density at radius 2 is 0.481 bits per heavy atom. The van der Waals surface area contributed by atoms with Gasteiger partial charge in [0.15, 0.2) is 12.2 Å². The van der Waals surface area contributed by atoms with Crippen LogP contribution < -0.4 is 0 Å². The fourth-order valence-corrected chi connectivity index (χ4v) is 11.9. The van der Waals surface area contributed by atoms with Crippen LogP contribution >= 0.6 is 15.6 Å². The van der Waals surface area contributed by atoms with Crippen molar-refractivity contribution in [3.8, 4) is 0 Å². The number of carbonyl (C=O) groups is 4. The maximum atomic E-state index is 13.1. The predicted molar refractivity (Wildman–Crippen MR) is 445 cm³/mol. The highest BCUT2D eigenvalue weighted by Crippen LogP contribution is 2.45. The number of allylic oxidation sites excluding steroid dienone is 28. The average Bonchev–Trinajstić information content (AvgIpc) is 0.898. The SMILES string of the molecule is CCCCC/C=C\C/C=C\C/C=C\C/C=C\C/C=C\CCC(=O)O[C@H](COC(=O)CCC/C=C\C/C=C\C/C=C\C/C=C\CCCCC)COP(=O)(O)OC[C@@H](O)COP(=O)(O)OC[C@@H](COC(=O)CCCCCCCCCCCCCCC)OC(=O)CC/C=C\C/C=C\C/C=C\C/C=C\C/C=C\CCCCC. The van der Waals surface area contributed by atoms with Crippen molar-refractivity contribution >= 4 is 39.5 Å². The zero-order valence-electron chi connectivity index (χ0n) is 67.2. The molecule has 0 rings (SSSR count). The Kier molecular flexibility index (Phi) is 75.4. The first-order chi connectivity index (χ1) is 52.7. The summed E-state index contributed by atoms with van der Waals surface area (Å²) in [5.74, 6) is -2.44. The summed E-state index contributed by atoms with van der Waals surface area (Å²) in [5.41, 5.74) is 0. The third kappa shape index (κ3) is 78.5. The highest BCUT2D eigenvalue weighted by Gasteiger charge is 2.30. The molecule has 614 valence electrons. The molecule has 0 aliphatic carbocycles. The Hall–Kier alpha value is -5.58. The summed E-state index contributed by atoms with van der Waals surface area (Å²) >= 11 is 0. The van der Waals surface area contributed by atoms with Crippen LogP contribution in [0.5, 0.6) is 0 Å². The van der Waals surface area contributed by atoms with Crippen molar-refractivity contribution < 1.29 is 80.2 Å². The summed E-state index contributed by atoms with van der Waals surface area (Å²) < 4.78 is 68.4. The number of phosphoric ester groups is 2. The molecule has 0 aromatic heterocycles. The van der Waals surface area contributed by atoms with Gasteiger partial charge in [0, 0.05) is 25.7 Å². The maximum Gasteiger partial charge on any atom is 0.472 e. The second kappa shape index (κ2) is 79.5. The highest BCUT2D eigenvalue weighted by atomic mass is 31.2. The van der Waals surface area contributed by atoms with Crippen molar-refractivity contribution in [1.29, 1.82) is 0 Å². The van der Waals surface area contributed by atoms with Crippen LogP contribution in [0.15, 0.2) is 170 Å². The van der Waals surface area contributed by atoms with Crippen LogP contribution in [0.4, 0.5) is 0 Å². The van der Waals surface area contributed by atoms with Gasteiger partial charge in [-0.05, 0) is 141 Å². The zero-order chi connectivity index (χ0) is 78.9. The molecule has 0 heterocycles. The molecule has 2 unspecified atom stereocenters. The van der Waals surface area contributed by atoms with E-state index in [1.54, 1.807) is 0 Å². The topological polar surface area (TPSA) is 237 Å². The smallest absolute Gasteiger partial charge is 0.462 e. The molecule has 3 N–H and O–H groups in total. The Bertz CT molecular complexity index is 2710. The third-order valence-electron chi connectivity index (χ3n) is 16.7. The number of hydrogen-bond acceptors (Lipinski definition) is 15. The van der Waals surface area contributed by atoms with E-state index in [0.717, 1.165) is 103 Å². The molecule has 0 saturated heterocycles. The minimum atomic E-state index is -5.02. The van der Waals surface area contributed by atoms with Crippen molar-refractivity contribution in [2.24, 2.45) is 0 Å². The van der Waals surface area contributed by atoms with Crippen LogP contribution in [0.2, 0.25) is 0 Å². The predicted octanol–water partition coefficient (Wildman–Crippen LogP) is 24.6. The quantitative estimate of drug-likeness (QED) is 0.0169. The first-order valence-electron chi connectivity index (χ1n) is 41.4. The van der Waals surface area contributed by atoms with Gasteiger partial charge in [0.25, 0.3) is 0 Å². The van der Waals surface area contributed by atoms with Crippen LogP contribution in [-0.2, 0) is 65.4 Å². The molecule has 5 atom stereocenters. The Labute approximate surface area is 654 Å². The van der Waals surface area contributed by atoms with E-state index in [1.165, 1.54) is 109 Å². The molecule has 0 bridgehead atoms. The molecular formula is C89H146O17P2. The van der Waals surface area contributed by atoms with Crippen molar-refractivity contribution in [3.05, 3.63) is 170 Å². The van der Waals surface area contributed by atoms with Gasteiger partial charge in [-0.25, -0.2) is 9.13 Å². The Morgan fingerprint density at radius 1 is 0.259 bits per heavy atom. The van der Waals surface area contributed by atoms with Gasteiger partial charge in [0.05, 0.1) is 26.4 Å². The molecule has 0 aromatic carbocycles. The molecule has 0 aromatic rings. The van der Waals surface area contributed by atoms with Gasteiger partial charge in [0.1, 0.15) is 19.3 Å². The van der Waals surface area contributed by atoms with Gasteiger partial charge in [0.2, 0.25) is 0 Å². The molecular weight excluding hydrogens is 1400 g/mol. The molecule has 0 spiro atoms. The van der Waals surface area contributed by atoms with Crippen LogP contribution in [0, 0.1) is 0 Å². The minimum Gasteiger partial charge on any atom is -0.462 e. The summed E-state index contributed by atoms with van der Waals surface area (Å²) in [6.45, 7) is 4.56. The highest BCUT2D eigenvalue weighted by molar-refractivity contribution is 7.47. The van der Waals surface area contributed by atoms with E-state index in [2.05, 4.69) is 149 Å². The standard InChI is InChI=1S/C89H146O17P2/c1-5-9-13-17-21-25-29-33-36-39-41-44-47-51-55-59-63-67-71-75-88(93)105-84(79-99-86(91)73-69-65-61-57-53-49-32-28-24-20-16-12-8-4)81-103-107(95,96)101-77-83(90)78-102-108(97,98)104-82-85(80-100-87(92)74-70-66-62-58-54-50-46-43-38-35-31-27-23-19-15-11-7-3)106-89(94)76-72-68-64-60-56-52-48-45-42-40-37-34-30-26-22-18-14-10-6-2/h21-23,25-27,33-38,41-42,44-46,50-52,55-56,58,62-64,67-68,83-85,90H,5-20,24,28-32,39-40,43,47-49,53-54,57,59-61,65-66,69-82H2,1-4H3,(H,95,96)(H,97,98)/b25-21-,26-22-,27-23-,36-33-,37-34-,38-35-,44-41-,45-42-,50-46-,55-51-,56-52-,62-58-,67-63-,68-64-/t83-,84+,85+/m0/s1. The zero-order valence-corrected chi connectivity index (χ0v) is 69.0. The fraction of sp³-hybridized carbons (Fsp3) is 0.640. The number of aliphatic hydroxyl groups excluding tert-OH is 1. The van der Waals surface area contributed by atoms with Gasteiger partial charge in [-0.3, -0.25) is 37.3 Å². The minimum absolute atomic E-state index is 0.0353. The number of esters is 4. The number of rotatable bonds is 76. The number of carbonyl (C=O) groups excluding carboxylic acids is 4. The first-order valence-corrected chi connectivity index (χ1v) is 44.4. The van der Waals surface area contributed by atoms with Gasteiger partial charge < -0.3 is 33.8 Å². The lowest BCUT2D eigenvalue weighted by Crippen LogP contribution is -2.30. The Morgan fingerprint density at radius 3 is 0.769 bits per heavy atom. The molecule has 19 heteroatoms. The average molecular weight is 1550 g/mol. The van der Waals surface area contributed by atoms with Crippen LogP contribution in [-0.4, -0.2) is 96.7 Å². The van der Waals surface area contributed by atoms with Gasteiger partial charge in [-0.15, -0.1) is 0 Å². The van der Waals surface area contributed by atoms with Crippen molar-refractivity contribution in [1.82, 2.24) is 0 Å². The number of unbranched alkanes of at least 4 members (excludes halogenated alkanes) is 22. The Balaban J connectivity index is 5.56. The number of ether oxygens (including phenoxy) is 4. The summed E-state index contributed by atoms with van der Waals surface area (Å²) in [5, 5.41) is 10.6. The van der Waals surface area contributed by atoms with E-state index < -0.39 is 97.5 Å². The molecule has 17 nitrogen and oxygen atoms in total. The molecule has 0 fully saturated rings. The van der Waals surface area contributed by atoms with E-state index in [-0.39, 0.29) is 25.7 Å². The van der Waals surface area contributed by atoms with Crippen molar-refractivity contribution in [2.75, 3.05) is 39.6 Å². The van der Waals surface area contributed by atoms with E-state index >= 15 is 0 Å². The molecule has 108 heavy (non-hydrogen) atoms. The van der Waals surface area contributed by atoms with Gasteiger partial charge >= 0.3 is 39.5 Å². The van der Waals surface area contributed by atoms with Crippen LogP contribution in [0.1, 0.15) is 310 Å². The van der Waals surface area contributed by atoms with Crippen molar-refractivity contribution in [2.45, 2.75) is 329 Å².